The number of unbranched alkanes of at least 4 members (excludes halogenated alkanes) is 1. The van der Waals surface area contributed by atoms with E-state index in [0.29, 0.717) is 28.9 Å². The average molecular weight is 341 g/mol. The van der Waals surface area contributed by atoms with Gasteiger partial charge in [0.1, 0.15) is 5.75 Å². The number of methoxy groups -OCH3 is 1. The zero-order chi connectivity index (χ0) is 16.7. The smallest absolute Gasteiger partial charge is 0.255 e. The van der Waals surface area contributed by atoms with E-state index in [9.17, 15) is 9.90 Å². The second kappa shape index (κ2) is 9.11. The van der Waals surface area contributed by atoms with E-state index in [1.54, 1.807) is 18.2 Å². The van der Waals surface area contributed by atoms with Crippen molar-refractivity contribution in [2.24, 2.45) is 0 Å². The van der Waals surface area contributed by atoms with Crippen LogP contribution in [0.5, 0.6) is 5.75 Å². The number of aliphatic hydroxyl groups is 1. The van der Waals surface area contributed by atoms with Gasteiger partial charge >= 0.3 is 0 Å². The molecule has 1 aliphatic heterocycles. The molecule has 1 amide bonds. The number of hydrogen-bond acceptors (Lipinski definition) is 4. The van der Waals surface area contributed by atoms with E-state index in [4.69, 9.17) is 16.3 Å². The maximum Gasteiger partial charge on any atom is 0.255 e. The van der Waals surface area contributed by atoms with Crippen LogP contribution < -0.4 is 10.1 Å². The van der Waals surface area contributed by atoms with Crippen molar-refractivity contribution in [3.05, 3.63) is 28.8 Å². The zero-order valence-electron chi connectivity index (χ0n) is 13.6. The Labute approximate surface area is 142 Å². The predicted molar refractivity (Wildman–Crippen MR) is 91.3 cm³/mol. The van der Waals surface area contributed by atoms with E-state index < -0.39 is 0 Å². The minimum atomic E-state index is -0.145. The number of carbonyl (C=O) groups is 1. The van der Waals surface area contributed by atoms with Crippen LogP contribution in [-0.2, 0) is 0 Å². The average Bonchev–Trinajstić information content (AvgIpc) is 3.01. The van der Waals surface area contributed by atoms with E-state index in [2.05, 4.69) is 10.2 Å². The van der Waals surface area contributed by atoms with Crippen LogP contribution in [0.2, 0.25) is 5.02 Å². The predicted octanol–water partition coefficient (Wildman–Crippen LogP) is 2.32. The summed E-state index contributed by atoms with van der Waals surface area (Å²) in [5.41, 5.74) is 0.497. The highest BCUT2D eigenvalue weighted by Gasteiger charge is 2.22. The number of halogens is 1. The molecule has 23 heavy (non-hydrogen) atoms. The molecule has 0 aromatic heterocycles. The summed E-state index contributed by atoms with van der Waals surface area (Å²) in [7, 11) is 1.52. The van der Waals surface area contributed by atoms with Gasteiger partial charge < -0.3 is 15.2 Å². The van der Waals surface area contributed by atoms with Crippen molar-refractivity contribution in [1.29, 1.82) is 0 Å². The van der Waals surface area contributed by atoms with E-state index in [-0.39, 0.29) is 12.5 Å². The second-order valence-corrected chi connectivity index (χ2v) is 6.26. The molecule has 0 aliphatic carbocycles. The summed E-state index contributed by atoms with van der Waals surface area (Å²) in [6.07, 6.45) is 4.17. The molecule has 2 rings (SSSR count). The van der Waals surface area contributed by atoms with Crippen LogP contribution in [0.4, 0.5) is 0 Å². The number of rotatable bonds is 8. The number of benzene rings is 1. The van der Waals surface area contributed by atoms with Gasteiger partial charge in [-0.15, -0.1) is 0 Å². The van der Waals surface area contributed by atoms with Crippen molar-refractivity contribution < 1.29 is 14.6 Å². The lowest BCUT2D eigenvalue weighted by molar-refractivity contribution is 0.0949. The highest BCUT2D eigenvalue weighted by Crippen LogP contribution is 2.23. The van der Waals surface area contributed by atoms with Gasteiger partial charge in [0, 0.05) is 17.6 Å². The van der Waals surface area contributed by atoms with Crippen LogP contribution in [-0.4, -0.2) is 55.3 Å². The Morgan fingerprint density at radius 2 is 2.30 bits per heavy atom. The molecule has 0 saturated carbocycles. The summed E-state index contributed by atoms with van der Waals surface area (Å²) in [5, 5.41) is 12.7. The van der Waals surface area contributed by atoms with Gasteiger partial charge in [0.15, 0.2) is 0 Å². The lowest BCUT2D eigenvalue weighted by Crippen LogP contribution is -2.33. The van der Waals surface area contributed by atoms with Gasteiger partial charge in [0.05, 0.1) is 19.3 Å². The highest BCUT2D eigenvalue weighted by molar-refractivity contribution is 6.30. The summed E-state index contributed by atoms with van der Waals surface area (Å²) in [6, 6.07) is 5.32. The van der Waals surface area contributed by atoms with Crippen molar-refractivity contribution in [1.82, 2.24) is 10.2 Å². The van der Waals surface area contributed by atoms with Crippen LogP contribution in [0, 0.1) is 0 Å². The summed E-state index contributed by atoms with van der Waals surface area (Å²) >= 11 is 5.90. The first kappa shape index (κ1) is 18.0. The standard InChI is InChI=1S/C17H25ClN2O3/c1-23-16-11-13(18)6-7-15(16)17(22)19-8-2-3-9-20-10-4-5-14(20)12-21/h6-7,11,14,21H,2-5,8-10,12H2,1H3,(H,19,22). The number of nitrogens with one attached hydrogen (secondary N) is 1. The van der Waals surface area contributed by atoms with E-state index in [1.165, 1.54) is 13.5 Å². The zero-order valence-corrected chi connectivity index (χ0v) is 14.3. The second-order valence-electron chi connectivity index (χ2n) is 5.82. The molecule has 5 nitrogen and oxygen atoms in total. The van der Waals surface area contributed by atoms with Gasteiger partial charge in [-0.25, -0.2) is 0 Å². The molecule has 1 aromatic rings. The maximum atomic E-state index is 12.2. The Bertz CT molecular complexity index is 525. The van der Waals surface area contributed by atoms with Crippen molar-refractivity contribution in [2.75, 3.05) is 33.4 Å². The first-order valence-electron chi connectivity index (χ1n) is 8.12. The summed E-state index contributed by atoms with van der Waals surface area (Å²) < 4.78 is 5.19. The highest BCUT2D eigenvalue weighted by atomic mass is 35.5. The van der Waals surface area contributed by atoms with Gasteiger partial charge in [-0.1, -0.05) is 11.6 Å². The maximum absolute atomic E-state index is 12.2. The Kier molecular flexibility index (Phi) is 7.15. The quantitative estimate of drug-likeness (QED) is 0.713. The molecule has 0 radical (unpaired) electrons. The van der Waals surface area contributed by atoms with Gasteiger partial charge in [-0.2, -0.15) is 0 Å². The Morgan fingerprint density at radius 1 is 1.48 bits per heavy atom. The molecule has 1 aromatic carbocycles. The molecule has 1 fully saturated rings. The fourth-order valence-electron chi connectivity index (χ4n) is 2.99. The molecule has 6 heteroatoms. The van der Waals surface area contributed by atoms with E-state index in [0.717, 1.165) is 32.4 Å². The molecule has 0 spiro atoms. The van der Waals surface area contributed by atoms with Crippen LogP contribution in [0.3, 0.4) is 0 Å². The number of amides is 1. The molecule has 1 heterocycles. The molecular formula is C17H25ClN2O3. The largest absolute Gasteiger partial charge is 0.496 e. The lowest BCUT2D eigenvalue weighted by Gasteiger charge is -2.22. The monoisotopic (exact) mass is 340 g/mol. The number of likely N-dealkylation sites (tertiary alicyclic amines) is 1. The third kappa shape index (κ3) is 5.09. The van der Waals surface area contributed by atoms with Gasteiger partial charge in [-0.3, -0.25) is 9.69 Å². The van der Waals surface area contributed by atoms with Crippen LogP contribution in [0.1, 0.15) is 36.0 Å². The fraction of sp³-hybridized carbons (Fsp3) is 0.588. The molecule has 1 unspecified atom stereocenters. The Balaban J connectivity index is 1.71. The molecular weight excluding hydrogens is 316 g/mol. The van der Waals surface area contributed by atoms with E-state index in [1.807, 2.05) is 0 Å². The number of ether oxygens (including phenoxy) is 1. The van der Waals surface area contributed by atoms with Crippen LogP contribution in [0.25, 0.3) is 0 Å². The SMILES string of the molecule is COc1cc(Cl)ccc1C(=O)NCCCCN1CCCC1CO. The minimum absolute atomic E-state index is 0.145. The summed E-state index contributed by atoms with van der Waals surface area (Å²) in [5.74, 6) is 0.339. The molecule has 1 aliphatic rings. The van der Waals surface area contributed by atoms with Gasteiger partial charge in [-0.05, 0) is 57.0 Å². The number of nitrogens with zero attached hydrogens (tertiary/aromatic N) is 1. The molecule has 1 saturated heterocycles. The Hall–Kier alpha value is -1.30. The van der Waals surface area contributed by atoms with Gasteiger partial charge in [0.2, 0.25) is 0 Å². The summed E-state index contributed by atoms with van der Waals surface area (Å²) in [6.45, 7) is 2.92. The topological polar surface area (TPSA) is 61.8 Å². The normalized spacial score (nSPS) is 18.1. The number of aliphatic hydroxyl groups excluding tert-OH is 1. The first-order valence-corrected chi connectivity index (χ1v) is 8.50. The Morgan fingerprint density at radius 3 is 3.04 bits per heavy atom. The molecule has 128 valence electrons. The number of hydrogen-bond donors (Lipinski definition) is 2. The first-order chi connectivity index (χ1) is 11.2. The molecule has 1 atom stereocenters. The van der Waals surface area contributed by atoms with Crippen molar-refractivity contribution in [3.8, 4) is 5.75 Å². The molecule has 0 bridgehead atoms. The van der Waals surface area contributed by atoms with Crippen LogP contribution >= 0.6 is 11.6 Å². The third-order valence-electron chi connectivity index (χ3n) is 4.28. The van der Waals surface area contributed by atoms with Crippen molar-refractivity contribution in [3.63, 3.8) is 0 Å². The lowest BCUT2D eigenvalue weighted by atomic mass is 10.2. The van der Waals surface area contributed by atoms with Gasteiger partial charge in [0.25, 0.3) is 5.91 Å². The fourth-order valence-corrected chi connectivity index (χ4v) is 3.15. The van der Waals surface area contributed by atoms with Crippen molar-refractivity contribution >= 4 is 17.5 Å². The number of carbonyl (C=O) groups excluding carboxylic acids is 1. The summed E-state index contributed by atoms with van der Waals surface area (Å²) in [4.78, 5) is 14.5. The third-order valence-corrected chi connectivity index (χ3v) is 4.51. The minimum Gasteiger partial charge on any atom is -0.496 e. The van der Waals surface area contributed by atoms with E-state index >= 15 is 0 Å². The molecule has 2 N–H and O–H groups in total. The van der Waals surface area contributed by atoms with Crippen molar-refractivity contribution in [2.45, 2.75) is 31.7 Å². The van der Waals surface area contributed by atoms with Crippen LogP contribution in [0.15, 0.2) is 18.2 Å².